The second-order valence-electron chi connectivity index (χ2n) is 6.29. The molecule has 0 heterocycles. The zero-order valence-electron chi connectivity index (χ0n) is 16.5. The molecule has 0 aliphatic rings. The van der Waals surface area contributed by atoms with Gasteiger partial charge in [-0.1, -0.05) is 23.7 Å². The van der Waals surface area contributed by atoms with E-state index >= 15 is 0 Å². The number of halogens is 1. The predicted octanol–water partition coefficient (Wildman–Crippen LogP) is 4.86. The third-order valence-corrected chi connectivity index (χ3v) is 4.51. The van der Waals surface area contributed by atoms with Crippen LogP contribution in [0.15, 0.2) is 66.7 Å². The summed E-state index contributed by atoms with van der Waals surface area (Å²) in [6.45, 7) is 0.275. The van der Waals surface area contributed by atoms with Crippen LogP contribution in [0.3, 0.4) is 0 Å². The van der Waals surface area contributed by atoms with Gasteiger partial charge in [0.1, 0.15) is 22.8 Å². The van der Waals surface area contributed by atoms with Crippen LogP contribution < -0.4 is 14.8 Å². The van der Waals surface area contributed by atoms with Crippen molar-refractivity contribution in [1.29, 1.82) is 0 Å². The van der Waals surface area contributed by atoms with Crippen LogP contribution in [0.5, 0.6) is 17.2 Å². The number of hydrogen-bond acceptors (Lipinski definition) is 5. The first-order valence-electron chi connectivity index (χ1n) is 9.07. The van der Waals surface area contributed by atoms with E-state index < -0.39 is 5.97 Å². The molecule has 30 heavy (non-hydrogen) atoms. The van der Waals surface area contributed by atoms with Crippen LogP contribution in [0.1, 0.15) is 26.3 Å². The standard InChI is InChI=1S/C23H20ClNO5/c1-28-21-12-15(6-11-20(21)23(27)29-2)14-25-22(26)16-7-9-18(10-8-16)30-19-5-3-4-17(24)13-19/h3-13H,14H2,1-2H3,(H,25,26). The van der Waals surface area contributed by atoms with Crippen LogP contribution in [0.4, 0.5) is 0 Å². The molecule has 0 radical (unpaired) electrons. The quantitative estimate of drug-likeness (QED) is 0.547. The number of hydrogen-bond donors (Lipinski definition) is 1. The molecule has 3 aromatic carbocycles. The monoisotopic (exact) mass is 425 g/mol. The Balaban J connectivity index is 1.61. The minimum atomic E-state index is -0.484. The number of benzene rings is 3. The highest BCUT2D eigenvalue weighted by Crippen LogP contribution is 2.24. The van der Waals surface area contributed by atoms with E-state index in [0.29, 0.717) is 33.4 Å². The molecule has 0 unspecified atom stereocenters. The van der Waals surface area contributed by atoms with Gasteiger partial charge in [0.05, 0.1) is 14.2 Å². The number of esters is 1. The highest BCUT2D eigenvalue weighted by Gasteiger charge is 2.13. The fourth-order valence-corrected chi connectivity index (χ4v) is 2.93. The van der Waals surface area contributed by atoms with E-state index in [1.165, 1.54) is 14.2 Å². The van der Waals surface area contributed by atoms with Gasteiger partial charge >= 0.3 is 5.97 Å². The van der Waals surface area contributed by atoms with Crippen LogP contribution in [0, 0.1) is 0 Å². The van der Waals surface area contributed by atoms with Crippen LogP contribution in [0.25, 0.3) is 0 Å². The zero-order chi connectivity index (χ0) is 21.5. The number of carbonyl (C=O) groups is 2. The van der Waals surface area contributed by atoms with Crippen molar-refractivity contribution in [1.82, 2.24) is 5.32 Å². The molecule has 0 aliphatic heterocycles. The molecular weight excluding hydrogens is 406 g/mol. The van der Waals surface area contributed by atoms with E-state index in [0.717, 1.165) is 5.56 Å². The summed E-state index contributed by atoms with van der Waals surface area (Å²) in [6, 6.07) is 18.9. The van der Waals surface area contributed by atoms with Gasteiger partial charge in [-0.15, -0.1) is 0 Å². The summed E-state index contributed by atoms with van der Waals surface area (Å²) in [5, 5.41) is 3.42. The summed E-state index contributed by atoms with van der Waals surface area (Å²) in [5.41, 5.74) is 1.60. The molecule has 154 valence electrons. The highest BCUT2D eigenvalue weighted by atomic mass is 35.5. The first-order chi connectivity index (χ1) is 14.5. The molecule has 0 saturated heterocycles. The van der Waals surface area contributed by atoms with Gasteiger partial charge in [0.2, 0.25) is 0 Å². The van der Waals surface area contributed by atoms with Crippen molar-refractivity contribution >= 4 is 23.5 Å². The van der Waals surface area contributed by atoms with Gasteiger partial charge in [0.25, 0.3) is 5.91 Å². The number of methoxy groups -OCH3 is 2. The third kappa shape index (κ3) is 5.30. The lowest BCUT2D eigenvalue weighted by atomic mass is 10.1. The Bertz CT molecular complexity index is 1050. The SMILES string of the molecule is COC(=O)c1ccc(CNC(=O)c2ccc(Oc3cccc(Cl)c3)cc2)cc1OC. The Morgan fingerprint density at radius 1 is 0.933 bits per heavy atom. The van der Waals surface area contributed by atoms with Crippen LogP contribution in [-0.2, 0) is 11.3 Å². The molecule has 6 nitrogen and oxygen atoms in total. The van der Waals surface area contributed by atoms with Gasteiger partial charge in [-0.3, -0.25) is 4.79 Å². The van der Waals surface area contributed by atoms with E-state index in [1.54, 1.807) is 66.7 Å². The molecular formula is C23H20ClNO5. The predicted molar refractivity (Wildman–Crippen MR) is 113 cm³/mol. The average Bonchev–Trinajstić information content (AvgIpc) is 2.77. The van der Waals surface area contributed by atoms with Gasteiger partial charge in [-0.2, -0.15) is 0 Å². The third-order valence-electron chi connectivity index (χ3n) is 4.27. The van der Waals surface area contributed by atoms with E-state index in [4.69, 9.17) is 25.8 Å². The second-order valence-corrected chi connectivity index (χ2v) is 6.73. The van der Waals surface area contributed by atoms with Crippen LogP contribution in [0.2, 0.25) is 5.02 Å². The largest absolute Gasteiger partial charge is 0.496 e. The van der Waals surface area contributed by atoms with E-state index in [2.05, 4.69) is 5.32 Å². The second kappa shape index (κ2) is 9.80. The smallest absolute Gasteiger partial charge is 0.341 e. The maximum atomic E-state index is 12.4. The summed E-state index contributed by atoms with van der Waals surface area (Å²) < 4.78 is 15.7. The summed E-state index contributed by atoms with van der Waals surface area (Å²) in [4.78, 5) is 24.2. The molecule has 0 aliphatic carbocycles. The Morgan fingerprint density at radius 2 is 1.70 bits per heavy atom. The van der Waals surface area contributed by atoms with E-state index in [9.17, 15) is 9.59 Å². The topological polar surface area (TPSA) is 73.9 Å². The molecule has 0 aromatic heterocycles. The molecule has 0 atom stereocenters. The fraction of sp³-hybridized carbons (Fsp3) is 0.130. The van der Waals surface area contributed by atoms with Crippen molar-refractivity contribution in [2.75, 3.05) is 14.2 Å². The molecule has 3 rings (SSSR count). The molecule has 3 aromatic rings. The van der Waals surface area contributed by atoms with Crippen molar-refractivity contribution < 1.29 is 23.8 Å². The fourth-order valence-electron chi connectivity index (χ4n) is 2.75. The Labute approximate surface area is 179 Å². The minimum Gasteiger partial charge on any atom is -0.496 e. The Morgan fingerprint density at radius 3 is 2.37 bits per heavy atom. The molecule has 0 fully saturated rings. The van der Waals surface area contributed by atoms with Gasteiger partial charge in [0.15, 0.2) is 0 Å². The average molecular weight is 426 g/mol. The number of rotatable bonds is 7. The highest BCUT2D eigenvalue weighted by molar-refractivity contribution is 6.30. The van der Waals surface area contributed by atoms with Crippen molar-refractivity contribution in [2.24, 2.45) is 0 Å². The van der Waals surface area contributed by atoms with Gasteiger partial charge in [-0.25, -0.2) is 4.79 Å². The van der Waals surface area contributed by atoms with Crippen LogP contribution in [-0.4, -0.2) is 26.1 Å². The summed E-state index contributed by atoms with van der Waals surface area (Å²) in [7, 11) is 2.78. The molecule has 1 amide bonds. The summed E-state index contributed by atoms with van der Waals surface area (Å²) in [6.07, 6.45) is 0. The molecule has 1 N–H and O–H groups in total. The van der Waals surface area contributed by atoms with Crippen LogP contribution >= 0.6 is 11.6 Å². The Kier molecular flexibility index (Phi) is 6.93. The number of carbonyl (C=O) groups excluding carboxylic acids is 2. The minimum absolute atomic E-state index is 0.236. The van der Waals surface area contributed by atoms with Crippen molar-refractivity contribution in [3.8, 4) is 17.2 Å². The van der Waals surface area contributed by atoms with Crippen molar-refractivity contribution in [2.45, 2.75) is 6.54 Å². The molecule has 7 heteroatoms. The number of ether oxygens (including phenoxy) is 3. The Hall–Kier alpha value is -3.51. The van der Waals surface area contributed by atoms with Gasteiger partial charge in [0, 0.05) is 17.1 Å². The van der Waals surface area contributed by atoms with Gasteiger partial charge in [-0.05, 0) is 60.2 Å². The maximum absolute atomic E-state index is 12.4. The summed E-state index contributed by atoms with van der Waals surface area (Å²) >= 11 is 5.95. The van der Waals surface area contributed by atoms with E-state index in [-0.39, 0.29) is 12.5 Å². The van der Waals surface area contributed by atoms with Crippen molar-refractivity contribution in [3.05, 3.63) is 88.4 Å². The maximum Gasteiger partial charge on any atom is 0.341 e. The number of nitrogens with one attached hydrogen (secondary N) is 1. The summed E-state index contributed by atoms with van der Waals surface area (Å²) in [5.74, 6) is 0.875. The van der Waals surface area contributed by atoms with Crippen molar-refractivity contribution in [3.63, 3.8) is 0 Å². The first kappa shape index (κ1) is 21.2. The molecule has 0 saturated carbocycles. The molecule has 0 bridgehead atoms. The lowest BCUT2D eigenvalue weighted by Crippen LogP contribution is -2.22. The first-order valence-corrected chi connectivity index (χ1v) is 9.45. The van der Waals surface area contributed by atoms with Gasteiger partial charge < -0.3 is 19.5 Å². The normalized spacial score (nSPS) is 10.2. The lowest BCUT2D eigenvalue weighted by Gasteiger charge is -2.11. The number of amides is 1. The lowest BCUT2D eigenvalue weighted by molar-refractivity contribution is 0.0597. The molecule has 0 spiro atoms. The zero-order valence-corrected chi connectivity index (χ0v) is 17.2. The van der Waals surface area contributed by atoms with E-state index in [1.807, 2.05) is 0 Å².